The van der Waals surface area contributed by atoms with Crippen LogP contribution in [0.4, 0.5) is 5.69 Å². The highest BCUT2D eigenvalue weighted by atomic mass is 35.5. The molecule has 1 amide bonds. The highest BCUT2D eigenvalue weighted by Gasteiger charge is 2.61. The number of carbonyl (C=O) groups is 1. The third-order valence-electron chi connectivity index (χ3n) is 9.33. The Kier molecular flexibility index (Phi) is 5.42. The highest BCUT2D eigenvalue weighted by molar-refractivity contribution is 6.30. The Bertz CT molecular complexity index is 988. The number of anilines is 1. The van der Waals surface area contributed by atoms with Crippen LogP contribution in [0.5, 0.6) is 0 Å². The molecule has 5 aliphatic rings. The van der Waals surface area contributed by atoms with Crippen LogP contribution >= 0.6 is 11.6 Å². The van der Waals surface area contributed by atoms with Gasteiger partial charge in [-0.15, -0.1) is 0 Å². The second-order valence-corrected chi connectivity index (χ2v) is 11.2. The molecule has 2 aromatic rings. The van der Waals surface area contributed by atoms with Crippen LogP contribution in [0.3, 0.4) is 0 Å². The van der Waals surface area contributed by atoms with Gasteiger partial charge in [0.2, 0.25) is 5.91 Å². The Morgan fingerprint density at radius 2 is 1.55 bits per heavy atom. The number of rotatable bonds is 4. The van der Waals surface area contributed by atoms with Gasteiger partial charge in [0.25, 0.3) is 0 Å². The fourth-order valence-electron chi connectivity index (χ4n) is 7.82. The number of nitrogens with zero attached hydrogens (tertiary/aromatic N) is 2. The SMILES string of the molecule is O=C(CC1(c2ccccc2)C2CC3CC1CC(C2)C3O)N1CCN(c2cccc(Cl)c2)CC1. The third kappa shape index (κ3) is 3.57. The topological polar surface area (TPSA) is 43.8 Å². The zero-order chi connectivity index (χ0) is 22.6. The number of halogens is 1. The minimum absolute atomic E-state index is 0.0738. The first-order chi connectivity index (χ1) is 16.0. The van der Waals surface area contributed by atoms with E-state index in [1.54, 1.807) is 0 Å². The van der Waals surface area contributed by atoms with Crippen LogP contribution in [0.15, 0.2) is 54.6 Å². The van der Waals surface area contributed by atoms with Crippen molar-refractivity contribution in [3.63, 3.8) is 0 Å². The summed E-state index contributed by atoms with van der Waals surface area (Å²) in [6.45, 7) is 3.20. The largest absolute Gasteiger partial charge is 0.393 e. The smallest absolute Gasteiger partial charge is 0.223 e. The fourth-order valence-corrected chi connectivity index (χ4v) is 8.01. The first kappa shape index (κ1) is 21.5. The number of piperazine rings is 1. The van der Waals surface area contributed by atoms with Crippen molar-refractivity contribution < 1.29 is 9.90 Å². The number of hydrogen-bond donors (Lipinski definition) is 1. The zero-order valence-corrected chi connectivity index (χ0v) is 19.8. The lowest BCUT2D eigenvalue weighted by Gasteiger charge is -2.63. The van der Waals surface area contributed by atoms with E-state index in [4.69, 9.17) is 11.6 Å². The third-order valence-corrected chi connectivity index (χ3v) is 9.57. The summed E-state index contributed by atoms with van der Waals surface area (Å²) in [4.78, 5) is 18.2. The molecule has 0 atom stereocenters. The monoisotopic (exact) mass is 464 g/mol. The molecule has 2 aromatic carbocycles. The molecule has 0 aromatic heterocycles. The maximum Gasteiger partial charge on any atom is 0.223 e. The first-order valence-electron chi connectivity index (χ1n) is 12.6. The Hall–Kier alpha value is -2.04. The van der Waals surface area contributed by atoms with Crippen molar-refractivity contribution in [1.82, 2.24) is 4.90 Å². The highest BCUT2D eigenvalue weighted by Crippen LogP contribution is 2.64. The molecule has 4 aliphatic carbocycles. The Balaban J connectivity index is 1.22. The molecule has 4 bridgehead atoms. The molecule has 1 saturated heterocycles. The lowest BCUT2D eigenvalue weighted by Crippen LogP contribution is -2.61. The van der Waals surface area contributed by atoms with Crippen molar-refractivity contribution in [3.8, 4) is 0 Å². The van der Waals surface area contributed by atoms with Crippen LogP contribution in [0.1, 0.15) is 37.7 Å². The molecular formula is C28H33ClN2O2. The summed E-state index contributed by atoms with van der Waals surface area (Å²) >= 11 is 6.19. The molecule has 5 heteroatoms. The number of hydrogen-bond acceptors (Lipinski definition) is 3. The zero-order valence-electron chi connectivity index (χ0n) is 19.1. The van der Waals surface area contributed by atoms with Gasteiger partial charge in [-0.05, 0) is 73.1 Å². The summed E-state index contributed by atoms with van der Waals surface area (Å²) < 4.78 is 0. The van der Waals surface area contributed by atoms with Crippen molar-refractivity contribution in [2.75, 3.05) is 31.1 Å². The van der Waals surface area contributed by atoms with E-state index in [1.807, 2.05) is 18.2 Å². The lowest BCUT2D eigenvalue weighted by atomic mass is 9.42. The van der Waals surface area contributed by atoms with Gasteiger partial charge in [0.05, 0.1) is 6.10 Å². The van der Waals surface area contributed by atoms with Gasteiger partial charge >= 0.3 is 0 Å². The van der Waals surface area contributed by atoms with E-state index >= 15 is 0 Å². The van der Waals surface area contributed by atoms with Gasteiger partial charge in [-0.1, -0.05) is 48.0 Å². The average Bonchev–Trinajstić information content (AvgIpc) is 2.83. The maximum atomic E-state index is 13.8. The molecule has 4 saturated carbocycles. The number of aliphatic hydroxyl groups excluding tert-OH is 1. The van der Waals surface area contributed by atoms with Crippen molar-refractivity contribution in [2.45, 2.75) is 43.6 Å². The van der Waals surface area contributed by atoms with E-state index in [0.717, 1.165) is 62.6 Å². The molecule has 0 unspecified atom stereocenters. The summed E-state index contributed by atoms with van der Waals surface area (Å²) in [6.07, 6.45) is 4.76. The number of amides is 1. The fraction of sp³-hybridized carbons (Fsp3) is 0.536. The van der Waals surface area contributed by atoms with E-state index in [2.05, 4.69) is 46.2 Å². The maximum absolute atomic E-state index is 13.8. The molecule has 0 spiro atoms. The van der Waals surface area contributed by atoms with E-state index in [0.29, 0.717) is 36.0 Å². The standard InChI is InChI=1S/C28H33ClN2O2/c29-24-7-4-8-25(17-24)30-9-11-31(12-10-30)26(32)18-28(21-5-2-1-3-6-21)22-13-19-14-23(28)16-20(15-22)27(19)33/h1-8,17,19-20,22-23,27,33H,9-16,18H2. The van der Waals surface area contributed by atoms with E-state index in [-0.39, 0.29) is 11.5 Å². The van der Waals surface area contributed by atoms with Crippen molar-refractivity contribution in [2.24, 2.45) is 23.7 Å². The van der Waals surface area contributed by atoms with Crippen molar-refractivity contribution >= 4 is 23.2 Å². The van der Waals surface area contributed by atoms with Crippen LogP contribution in [-0.2, 0) is 10.2 Å². The normalized spacial score (nSPS) is 35.2. The minimum Gasteiger partial charge on any atom is -0.393 e. The molecule has 0 radical (unpaired) electrons. The summed E-state index contributed by atoms with van der Waals surface area (Å²) in [5.74, 6) is 2.17. The second-order valence-electron chi connectivity index (χ2n) is 10.8. The van der Waals surface area contributed by atoms with Gasteiger partial charge in [0.1, 0.15) is 0 Å². The number of aliphatic hydroxyl groups is 1. The van der Waals surface area contributed by atoms with Crippen LogP contribution in [0, 0.1) is 23.7 Å². The van der Waals surface area contributed by atoms with Crippen molar-refractivity contribution in [1.29, 1.82) is 0 Å². The van der Waals surface area contributed by atoms with E-state index in [1.165, 1.54) is 5.56 Å². The summed E-state index contributed by atoms with van der Waals surface area (Å²) in [6, 6.07) is 18.8. The lowest BCUT2D eigenvalue weighted by molar-refractivity contribution is -0.153. The predicted molar refractivity (Wildman–Crippen MR) is 131 cm³/mol. The van der Waals surface area contributed by atoms with Gasteiger partial charge in [0, 0.05) is 48.7 Å². The first-order valence-corrected chi connectivity index (χ1v) is 12.9. The molecule has 7 rings (SSSR count). The molecule has 5 fully saturated rings. The molecule has 4 nitrogen and oxygen atoms in total. The predicted octanol–water partition coefficient (Wildman–Crippen LogP) is 4.74. The number of carbonyl (C=O) groups excluding carboxylic acids is 1. The van der Waals surface area contributed by atoms with Gasteiger partial charge in [-0.2, -0.15) is 0 Å². The van der Waals surface area contributed by atoms with Crippen LogP contribution in [0.2, 0.25) is 5.02 Å². The van der Waals surface area contributed by atoms with Crippen LogP contribution < -0.4 is 4.90 Å². The summed E-state index contributed by atoms with van der Waals surface area (Å²) in [5.41, 5.74) is 2.41. The molecule has 1 aliphatic heterocycles. The van der Waals surface area contributed by atoms with Crippen LogP contribution in [0.25, 0.3) is 0 Å². The average molecular weight is 465 g/mol. The molecule has 1 N–H and O–H groups in total. The molecule has 174 valence electrons. The molecular weight excluding hydrogens is 432 g/mol. The Labute approximate surface area is 201 Å². The minimum atomic E-state index is -0.124. The molecule has 1 heterocycles. The second kappa shape index (κ2) is 8.32. The number of benzene rings is 2. The van der Waals surface area contributed by atoms with E-state index in [9.17, 15) is 9.90 Å². The molecule has 33 heavy (non-hydrogen) atoms. The summed E-state index contributed by atoms with van der Waals surface area (Å²) in [5, 5.41) is 11.5. The van der Waals surface area contributed by atoms with Gasteiger partial charge in [-0.3, -0.25) is 4.79 Å². The quantitative estimate of drug-likeness (QED) is 0.710. The van der Waals surface area contributed by atoms with Gasteiger partial charge < -0.3 is 14.9 Å². The van der Waals surface area contributed by atoms with Crippen LogP contribution in [-0.4, -0.2) is 48.2 Å². The van der Waals surface area contributed by atoms with Gasteiger partial charge in [0.15, 0.2) is 0 Å². The van der Waals surface area contributed by atoms with Gasteiger partial charge in [-0.25, -0.2) is 0 Å². The van der Waals surface area contributed by atoms with E-state index < -0.39 is 0 Å². The Morgan fingerprint density at radius 1 is 0.909 bits per heavy atom. The van der Waals surface area contributed by atoms with Crippen molar-refractivity contribution in [3.05, 3.63) is 65.2 Å². The Morgan fingerprint density at radius 3 is 2.15 bits per heavy atom. The summed E-state index contributed by atoms with van der Waals surface area (Å²) in [7, 11) is 0.